The van der Waals surface area contributed by atoms with Gasteiger partial charge in [-0.05, 0) is 130 Å². The molecule has 0 saturated heterocycles. The average molecular weight is 739 g/mol. The van der Waals surface area contributed by atoms with Gasteiger partial charge in [-0.1, -0.05) is 115 Å². The summed E-state index contributed by atoms with van der Waals surface area (Å²) in [6.45, 7) is 0. The van der Waals surface area contributed by atoms with Gasteiger partial charge in [0.15, 0.2) is 0 Å². The second-order valence-electron chi connectivity index (χ2n) is 15.7. The number of furan rings is 1. The zero-order valence-corrected chi connectivity index (χ0v) is 31.5. The van der Waals surface area contributed by atoms with Crippen molar-refractivity contribution >= 4 is 65.6 Å². The van der Waals surface area contributed by atoms with E-state index in [1.807, 2.05) is 0 Å². The van der Waals surface area contributed by atoms with Gasteiger partial charge in [-0.15, -0.1) is 0 Å². The van der Waals surface area contributed by atoms with Gasteiger partial charge >= 0.3 is 0 Å². The van der Waals surface area contributed by atoms with E-state index in [0.29, 0.717) is 0 Å². The standard InChI is InChI=1S/C55H34N2O/c1-5-16-50-42(12-1)43-13-2-6-17-51(43)56(50)40-24-22-39-29-38-21-20-36(30-46(38)47(39)32-40)34-10-9-11-35(28-34)37-23-26-54-48(31-37)49-33-41(25-27-55(49)58-54)57-52-18-7-3-14-44(52)45-15-4-8-19-53(45)57/h1-28,30-33H,29H2. The van der Waals surface area contributed by atoms with E-state index in [0.717, 1.165) is 34.0 Å². The van der Waals surface area contributed by atoms with Crippen molar-refractivity contribution in [3.8, 4) is 44.8 Å². The number of nitrogens with zero attached hydrogens (tertiary/aromatic N) is 2. The molecule has 270 valence electrons. The molecule has 0 N–H and O–H groups in total. The molecule has 12 aromatic rings. The molecule has 1 aliphatic rings. The molecule has 1 aliphatic carbocycles. The molecule has 0 fully saturated rings. The summed E-state index contributed by atoms with van der Waals surface area (Å²) in [5.41, 5.74) is 19.2. The van der Waals surface area contributed by atoms with Crippen LogP contribution in [0.2, 0.25) is 0 Å². The highest BCUT2D eigenvalue weighted by Gasteiger charge is 2.22. The normalized spacial score (nSPS) is 12.4. The Balaban J connectivity index is 0.889. The van der Waals surface area contributed by atoms with Crippen molar-refractivity contribution < 1.29 is 4.42 Å². The Hall–Kier alpha value is -7.62. The van der Waals surface area contributed by atoms with Crippen LogP contribution in [-0.2, 0) is 6.42 Å². The smallest absolute Gasteiger partial charge is 0.135 e. The van der Waals surface area contributed by atoms with Gasteiger partial charge < -0.3 is 13.6 Å². The minimum Gasteiger partial charge on any atom is -0.456 e. The Morgan fingerprint density at radius 1 is 0.310 bits per heavy atom. The molecule has 3 heterocycles. The molecule has 9 aromatic carbocycles. The molecular weight excluding hydrogens is 705 g/mol. The molecule has 0 bridgehead atoms. The lowest BCUT2D eigenvalue weighted by molar-refractivity contribution is 0.669. The fraction of sp³-hybridized carbons (Fsp3) is 0.0182. The van der Waals surface area contributed by atoms with Crippen molar-refractivity contribution in [1.82, 2.24) is 9.13 Å². The maximum absolute atomic E-state index is 6.42. The first-order valence-corrected chi connectivity index (χ1v) is 20.0. The van der Waals surface area contributed by atoms with E-state index in [9.17, 15) is 0 Å². The summed E-state index contributed by atoms with van der Waals surface area (Å²) >= 11 is 0. The molecule has 0 aliphatic heterocycles. The minimum absolute atomic E-state index is 0.894. The Labute approximate surface area is 334 Å². The highest BCUT2D eigenvalue weighted by Crippen LogP contribution is 2.43. The van der Waals surface area contributed by atoms with Crippen LogP contribution in [0, 0.1) is 0 Å². The molecule has 0 atom stereocenters. The van der Waals surface area contributed by atoms with Crippen LogP contribution < -0.4 is 0 Å². The molecule has 58 heavy (non-hydrogen) atoms. The summed E-state index contributed by atoms with van der Waals surface area (Å²) in [4.78, 5) is 0. The van der Waals surface area contributed by atoms with Gasteiger partial charge in [-0.3, -0.25) is 0 Å². The van der Waals surface area contributed by atoms with E-state index in [1.165, 1.54) is 93.8 Å². The van der Waals surface area contributed by atoms with Crippen LogP contribution in [0.15, 0.2) is 199 Å². The minimum atomic E-state index is 0.894. The van der Waals surface area contributed by atoms with Gasteiger partial charge in [0.1, 0.15) is 11.2 Å². The van der Waals surface area contributed by atoms with Crippen LogP contribution in [0.25, 0.3) is 110 Å². The van der Waals surface area contributed by atoms with Crippen LogP contribution in [0.1, 0.15) is 11.1 Å². The van der Waals surface area contributed by atoms with Crippen LogP contribution in [0.5, 0.6) is 0 Å². The predicted octanol–water partition coefficient (Wildman–Crippen LogP) is 14.7. The largest absolute Gasteiger partial charge is 0.456 e. The third-order valence-corrected chi connectivity index (χ3v) is 12.5. The highest BCUT2D eigenvalue weighted by molar-refractivity contribution is 6.11. The Kier molecular flexibility index (Phi) is 6.50. The van der Waals surface area contributed by atoms with Gasteiger partial charge in [-0.25, -0.2) is 0 Å². The van der Waals surface area contributed by atoms with E-state index in [1.54, 1.807) is 0 Å². The van der Waals surface area contributed by atoms with E-state index in [2.05, 4.69) is 203 Å². The van der Waals surface area contributed by atoms with E-state index >= 15 is 0 Å². The first kappa shape index (κ1) is 31.6. The summed E-state index contributed by atoms with van der Waals surface area (Å²) in [7, 11) is 0. The third kappa shape index (κ3) is 4.56. The monoisotopic (exact) mass is 738 g/mol. The fourth-order valence-corrected chi connectivity index (χ4v) is 9.84. The van der Waals surface area contributed by atoms with Gasteiger partial charge in [-0.2, -0.15) is 0 Å². The molecule has 3 heteroatoms. The van der Waals surface area contributed by atoms with E-state index in [-0.39, 0.29) is 0 Å². The van der Waals surface area contributed by atoms with Crippen molar-refractivity contribution in [3.63, 3.8) is 0 Å². The quantitative estimate of drug-likeness (QED) is 0.176. The zero-order chi connectivity index (χ0) is 37.9. The van der Waals surface area contributed by atoms with E-state index < -0.39 is 0 Å². The van der Waals surface area contributed by atoms with Crippen molar-refractivity contribution in [1.29, 1.82) is 0 Å². The number of hydrogen-bond acceptors (Lipinski definition) is 1. The molecule has 13 rings (SSSR count). The zero-order valence-electron chi connectivity index (χ0n) is 31.5. The Morgan fingerprint density at radius 3 is 1.34 bits per heavy atom. The van der Waals surface area contributed by atoms with Gasteiger partial charge in [0, 0.05) is 43.7 Å². The second kappa shape index (κ2) is 11.9. The van der Waals surface area contributed by atoms with Crippen LogP contribution in [0.3, 0.4) is 0 Å². The molecular formula is C55H34N2O. The Bertz CT molecular complexity index is 3560. The number of fused-ring (bicyclic) bond motifs is 12. The van der Waals surface area contributed by atoms with Crippen molar-refractivity contribution in [2.45, 2.75) is 6.42 Å². The van der Waals surface area contributed by atoms with Gasteiger partial charge in [0.2, 0.25) is 0 Å². The number of rotatable bonds is 4. The lowest BCUT2D eigenvalue weighted by Gasteiger charge is -2.11. The number of hydrogen-bond donors (Lipinski definition) is 0. The van der Waals surface area contributed by atoms with Crippen LogP contribution in [-0.4, -0.2) is 9.13 Å². The Morgan fingerprint density at radius 2 is 0.741 bits per heavy atom. The molecule has 0 saturated carbocycles. The molecule has 0 unspecified atom stereocenters. The molecule has 0 radical (unpaired) electrons. The number of para-hydroxylation sites is 4. The molecule has 0 amide bonds. The topological polar surface area (TPSA) is 23.0 Å². The lowest BCUT2D eigenvalue weighted by atomic mass is 9.95. The number of benzene rings is 9. The maximum Gasteiger partial charge on any atom is 0.135 e. The fourth-order valence-electron chi connectivity index (χ4n) is 9.84. The van der Waals surface area contributed by atoms with Gasteiger partial charge in [0.25, 0.3) is 0 Å². The third-order valence-electron chi connectivity index (χ3n) is 12.5. The van der Waals surface area contributed by atoms with Crippen LogP contribution >= 0.6 is 0 Å². The highest BCUT2D eigenvalue weighted by atomic mass is 16.3. The molecule has 3 aromatic heterocycles. The predicted molar refractivity (Wildman–Crippen MR) is 242 cm³/mol. The average Bonchev–Trinajstić information content (AvgIpc) is 4.03. The van der Waals surface area contributed by atoms with Crippen molar-refractivity contribution in [2.24, 2.45) is 0 Å². The SMILES string of the molecule is c1cc(-c2ccc3c(c2)-c2cc(-n4c5ccccc5c5ccccc54)ccc2C3)cc(-c2ccc3oc4ccc(-n5c6ccccc6c6ccccc65)cc4c3c2)c1. The summed E-state index contributed by atoms with van der Waals surface area (Å²) in [6, 6.07) is 71.0. The maximum atomic E-state index is 6.42. The summed E-state index contributed by atoms with van der Waals surface area (Å²) in [6.07, 6.45) is 0.954. The van der Waals surface area contributed by atoms with Crippen molar-refractivity contribution in [2.75, 3.05) is 0 Å². The van der Waals surface area contributed by atoms with Crippen LogP contribution in [0.4, 0.5) is 0 Å². The first-order chi connectivity index (χ1) is 28.7. The number of aromatic nitrogens is 2. The first-order valence-electron chi connectivity index (χ1n) is 20.0. The summed E-state index contributed by atoms with van der Waals surface area (Å²) < 4.78 is 11.2. The van der Waals surface area contributed by atoms with E-state index in [4.69, 9.17) is 4.42 Å². The lowest BCUT2D eigenvalue weighted by Crippen LogP contribution is -1.94. The second-order valence-corrected chi connectivity index (χ2v) is 15.7. The van der Waals surface area contributed by atoms with Crippen molar-refractivity contribution in [3.05, 3.63) is 205 Å². The molecule has 3 nitrogen and oxygen atoms in total. The molecule has 0 spiro atoms. The summed E-state index contributed by atoms with van der Waals surface area (Å²) in [5, 5.41) is 7.32. The summed E-state index contributed by atoms with van der Waals surface area (Å²) in [5.74, 6) is 0. The van der Waals surface area contributed by atoms with Gasteiger partial charge in [0.05, 0.1) is 22.1 Å².